The van der Waals surface area contributed by atoms with Gasteiger partial charge in [-0.3, -0.25) is 14.4 Å². The number of hydrogen-bond donors (Lipinski definition) is 3. The molecule has 4 aromatic heterocycles. The van der Waals surface area contributed by atoms with Gasteiger partial charge in [0.15, 0.2) is 0 Å². The Morgan fingerprint density at radius 3 is 1.72 bits per heavy atom. The van der Waals surface area contributed by atoms with Crippen LogP contribution in [0.25, 0.3) is 44.5 Å². The number of aromatic amines is 2. The Morgan fingerprint density at radius 1 is 0.793 bits per heavy atom. The molecule has 0 saturated heterocycles. The molecule has 0 spiro atoms. The Balaban J connectivity index is 0.000000292. The molecule has 1 amide bonds. The second-order valence-corrected chi connectivity index (χ2v) is 32.9. The van der Waals surface area contributed by atoms with Crippen molar-refractivity contribution in [1.29, 1.82) is 0 Å². The van der Waals surface area contributed by atoms with Crippen LogP contribution < -0.4 is 29.7 Å². The number of carbonyl (C=O) groups is 1. The van der Waals surface area contributed by atoms with Crippen LogP contribution in [0, 0.1) is 0 Å². The Labute approximate surface area is 360 Å². The van der Waals surface area contributed by atoms with Gasteiger partial charge in [-0.15, -0.1) is 0 Å². The van der Waals surface area contributed by atoms with Crippen molar-refractivity contribution in [2.75, 3.05) is 37.1 Å². The van der Waals surface area contributed by atoms with Crippen molar-refractivity contribution in [2.45, 2.75) is 26.7 Å². The zero-order valence-electron chi connectivity index (χ0n) is 29.8. The summed E-state index contributed by atoms with van der Waals surface area (Å²) < 4.78 is 94.6. The molecule has 0 unspecified atom stereocenters. The van der Waals surface area contributed by atoms with Crippen molar-refractivity contribution in [3.63, 3.8) is 0 Å². The number of rotatable bonds is 12. The fourth-order valence-electron chi connectivity index (χ4n) is 5.05. The fraction of sp³-hybridized carbons (Fsp3) is 0.286. The van der Waals surface area contributed by atoms with Crippen LogP contribution in [0.2, 0.25) is 0 Å². The number of hydrogen-bond acceptors (Lipinski definition) is 12. The quantitative estimate of drug-likeness (QED) is 0.119. The second kappa shape index (κ2) is 21.7. The van der Waals surface area contributed by atoms with Crippen LogP contribution in [-0.2, 0) is 37.6 Å². The third-order valence-electron chi connectivity index (χ3n) is 7.73. The molecule has 2 aromatic carbocycles. The van der Waals surface area contributed by atoms with Gasteiger partial charge < -0.3 is 29.0 Å². The van der Waals surface area contributed by atoms with Crippen molar-refractivity contribution in [3.05, 3.63) is 106 Å². The van der Waals surface area contributed by atoms with Gasteiger partial charge >= 0.3 is 62.6 Å². The van der Waals surface area contributed by atoms with Gasteiger partial charge in [0, 0.05) is 36.7 Å². The predicted molar refractivity (Wildman–Crippen MR) is 228 cm³/mol. The van der Waals surface area contributed by atoms with Crippen LogP contribution in [0.1, 0.15) is 18.9 Å². The zero-order chi connectivity index (χ0) is 42.0. The van der Waals surface area contributed by atoms with Crippen LogP contribution in [0.3, 0.4) is 0 Å². The van der Waals surface area contributed by atoms with Crippen molar-refractivity contribution in [2.24, 2.45) is 0 Å². The van der Waals surface area contributed by atoms with E-state index in [2.05, 4.69) is 62.5 Å². The van der Waals surface area contributed by atoms with Gasteiger partial charge in [0.2, 0.25) is 0 Å². The molecule has 0 aliphatic heterocycles. The van der Waals surface area contributed by atoms with Gasteiger partial charge in [0.05, 0.1) is 59.1 Å². The Morgan fingerprint density at radius 2 is 1.26 bits per heavy atom. The molecule has 0 radical (unpaired) electrons. The zero-order valence-corrected chi connectivity index (χ0v) is 37.9. The number of aromatic nitrogens is 4. The van der Waals surface area contributed by atoms with E-state index < -0.39 is 50.6 Å². The minimum absolute atomic E-state index is 0. The van der Waals surface area contributed by atoms with E-state index >= 15 is 0 Å². The first-order valence-electron chi connectivity index (χ1n) is 16.2. The first-order chi connectivity index (χ1) is 26.8. The molecule has 3 N–H and O–H groups in total. The average molecular weight is 1190 g/mol. The number of nitrogens with zero attached hydrogens (tertiary/aromatic N) is 3. The summed E-state index contributed by atoms with van der Waals surface area (Å²) in [6, 6.07) is 16.6. The van der Waals surface area contributed by atoms with Crippen LogP contribution in [-0.4, -0.2) is 90.9 Å². The summed E-state index contributed by atoms with van der Waals surface area (Å²) in [5.41, 5.74) is 1.78. The van der Waals surface area contributed by atoms with Crippen molar-refractivity contribution >= 4 is 84.6 Å². The maximum atomic E-state index is 12.9. The van der Waals surface area contributed by atoms with Crippen LogP contribution in [0.15, 0.2) is 91.7 Å². The number of furan rings is 2. The molecule has 4 heterocycles. The first kappa shape index (κ1) is 49.0. The maximum absolute atomic E-state index is 12.9. The standard InChI is InChI=1S/C18H16F3N3O5S.C16H17N3O4S.CH4.I3/c1-30(27,28)7-6-24(17(26)18(19,20)21)9-12-3-5-15(29-12)11-2-4-14-13(8-11)16(25)23-10-22-14;1-24(21,22)7-6-17-9-12-3-5-15(23-12)11-2-4-14-13(8-11)16(20)19-10-18-14;;1-3-2/h2-5,8,10H,6-7,9H2,1H3,(H,22,23,25);2-5,8,10,17H,6-7,9H2,1H3,(H,18,19,20);1H4;/q;;;-1. The molecule has 0 atom stereocenters. The van der Waals surface area contributed by atoms with Gasteiger partial charge in [-0.25, -0.2) is 26.8 Å². The number of alkyl halides is 3. The van der Waals surface area contributed by atoms with Gasteiger partial charge in [-0.2, -0.15) is 13.2 Å². The predicted octanol–water partition coefficient (Wildman–Crippen LogP) is 2.85. The van der Waals surface area contributed by atoms with E-state index in [4.69, 9.17) is 8.83 Å². The van der Waals surface area contributed by atoms with E-state index in [1.54, 1.807) is 24.3 Å². The van der Waals surface area contributed by atoms with Gasteiger partial charge in [0.25, 0.3) is 11.1 Å². The second-order valence-electron chi connectivity index (χ2n) is 12.2. The Kier molecular flexibility index (Phi) is 18.3. The number of halogens is 6. The van der Waals surface area contributed by atoms with Gasteiger partial charge in [0.1, 0.15) is 42.7 Å². The van der Waals surface area contributed by atoms with E-state index in [-0.39, 0.29) is 35.8 Å². The van der Waals surface area contributed by atoms with Crippen molar-refractivity contribution < 1.29 is 56.9 Å². The molecule has 0 fully saturated rings. The van der Waals surface area contributed by atoms with E-state index in [1.807, 2.05) is 18.2 Å². The summed E-state index contributed by atoms with van der Waals surface area (Å²) >= 11 is 5.30. The van der Waals surface area contributed by atoms with E-state index in [0.29, 0.717) is 70.1 Å². The van der Waals surface area contributed by atoms with Crippen molar-refractivity contribution in [3.8, 4) is 22.6 Å². The summed E-state index contributed by atoms with van der Waals surface area (Å²) in [4.78, 5) is 48.9. The SMILES string of the molecule is C.CS(=O)(=O)CCN(Cc1ccc(-c2ccc3nc[nH]c(=O)c3c2)o1)C(=O)C(F)(F)F.CS(=O)(=O)CCNCc1ccc(-c2ccc3nc[nH]c(=O)c3c2)o1.I[I-]I. The Hall–Kier alpha value is -3.41. The van der Waals surface area contributed by atoms with Gasteiger partial charge in [-0.05, 0) is 60.7 Å². The van der Waals surface area contributed by atoms with Crippen LogP contribution in [0.5, 0.6) is 0 Å². The van der Waals surface area contributed by atoms with E-state index in [0.717, 1.165) is 11.8 Å². The number of nitrogens with one attached hydrogen (secondary N) is 3. The molecule has 15 nitrogen and oxygen atoms in total. The third-order valence-corrected chi connectivity index (χ3v) is 9.60. The van der Waals surface area contributed by atoms with Gasteiger partial charge in [-0.1, -0.05) is 7.43 Å². The molecule has 6 rings (SSSR count). The molecule has 0 aliphatic carbocycles. The number of sulfone groups is 2. The summed E-state index contributed by atoms with van der Waals surface area (Å²) in [6.07, 6.45) is -0.449. The number of H-pyrrole nitrogens is 2. The summed E-state index contributed by atoms with van der Waals surface area (Å²) in [5.74, 6) is -1.08. The summed E-state index contributed by atoms with van der Waals surface area (Å²) in [7, 11) is -6.56. The number of amides is 1. The fourth-order valence-corrected chi connectivity index (χ4v) is 6.12. The van der Waals surface area contributed by atoms with Crippen molar-refractivity contribution in [1.82, 2.24) is 30.2 Å². The number of carbonyl (C=O) groups excluding carboxylic acids is 1. The molecule has 6 aromatic rings. The molecular weight excluding hydrogens is 1150 g/mol. The normalized spacial score (nSPS) is 11.6. The molecule has 316 valence electrons. The van der Waals surface area contributed by atoms with E-state index in [9.17, 15) is 44.4 Å². The Bertz CT molecular complexity index is 2670. The first-order valence-corrected chi connectivity index (χ1v) is 32.9. The average Bonchev–Trinajstić information content (AvgIpc) is 3.82. The molecular formula is C35H37F3I3N6O9S2-. The number of benzene rings is 2. The van der Waals surface area contributed by atoms with Crippen LogP contribution in [0.4, 0.5) is 13.2 Å². The molecule has 0 bridgehead atoms. The monoisotopic (exact) mass is 1190 g/mol. The molecule has 0 saturated carbocycles. The summed E-state index contributed by atoms with van der Waals surface area (Å²) in [6.45, 7) is -0.398. The van der Waals surface area contributed by atoms with Crippen LogP contribution >= 0.6 is 37.2 Å². The molecule has 23 heteroatoms. The minimum atomic E-state index is -5.15. The van der Waals surface area contributed by atoms with E-state index in [1.165, 1.54) is 37.1 Å². The topological polar surface area (TPSA) is 218 Å². The molecule has 0 aliphatic rings. The summed E-state index contributed by atoms with van der Waals surface area (Å²) in [5, 5.41) is 3.82. The molecule has 58 heavy (non-hydrogen) atoms. The number of fused-ring (bicyclic) bond motifs is 2. The third kappa shape index (κ3) is 15.0.